The van der Waals surface area contributed by atoms with E-state index in [1.165, 1.54) is 0 Å². The van der Waals surface area contributed by atoms with E-state index in [1.807, 2.05) is 48.5 Å². The fraction of sp³-hybridized carbons (Fsp3) is 0.0500. The zero-order chi connectivity index (χ0) is 17.4. The Kier molecular flexibility index (Phi) is 3.82. The average Bonchev–Trinajstić information content (AvgIpc) is 3.16. The number of nitrogens with zero attached hydrogens (tertiary/aromatic N) is 1. The molecule has 0 spiro atoms. The van der Waals surface area contributed by atoms with E-state index < -0.39 is 5.97 Å². The monoisotopic (exact) mass is 351 g/mol. The molecule has 0 unspecified atom stereocenters. The average molecular weight is 352 g/mol. The van der Waals surface area contributed by atoms with Crippen LogP contribution in [0.2, 0.25) is 5.02 Å². The van der Waals surface area contributed by atoms with Crippen LogP contribution in [0.4, 0.5) is 0 Å². The van der Waals surface area contributed by atoms with E-state index in [-0.39, 0.29) is 5.69 Å². The van der Waals surface area contributed by atoms with Gasteiger partial charge in [-0.2, -0.15) is 0 Å². The summed E-state index contributed by atoms with van der Waals surface area (Å²) < 4.78 is 7.64. The zero-order valence-corrected chi connectivity index (χ0v) is 13.9. The van der Waals surface area contributed by atoms with Crippen LogP contribution in [0.25, 0.3) is 22.4 Å². The van der Waals surface area contributed by atoms with Crippen LogP contribution in [0.1, 0.15) is 16.1 Å². The molecule has 0 aliphatic carbocycles. The Morgan fingerprint density at radius 3 is 2.44 bits per heavy atom. The summed E-state index contributed by atoms with van der Waals surface area (Å²) in [7, 11) is 0. The van der Waals surface area contributed by atoms with Crippen molar-refractivity contribution in [3.63, 3.8) is 0 Å². The van der Waals surface area contributed by atoms with Crippen LogP contribution in [0.5, 0.6) is 0 Å². The maximum atomic E-state index is 11.6. The van der Waals surface area contributed by atoms with Crippen LogP contribution < -0.4 is 0 Å². The second-order valence-corrected chi connectivity index (χ2v) is 6.21. The maximum Gasteiger partial charge on any atom is 0.352 e. The third-order valence-electron chi connectivity index (χ3n) is 4.12. The number of rotatable bonds is 4. The van der Waals surface area contributed by atoms with Gasteiger partial charge in [-0.1, -0.05) is 41.9 Å². The Labute approximate surface area is 148 Å². The minimum atomic E-state index is -0.977. The number of aromatic carboxylic acids is 1. The number of benzene rings is 2. The van der Waals surface area contributed by atoms with Crippen molar-refractivity contribution in [3.8, 4) is 11.3 Å². The minimum Gasteiger partial charge on any atom is -0.477 e. The number of furan rings is 1. The summed E-state index contributed by atoms with van der Waals surface area (Å²) in [4.78, 5) is 11.6. The molecule has 4 aromatic rings. The number of fused-ring (bicyclic) bond motifs is 1. The third kappa shape index (κ3) is 2.92. The number of carboxylic acid groups (broad SMARTS) is 1. The first-order valence-electron chi connectivity index (χ1n) is 7.78. The second-order valence-electron chi connectivity index (χ2n) is 5.77. The molecule has 0 radical (unpaired) electrons. The van der Waals surface area contributed by atoms with Crippen molar-refractivity contribution in [2.75, 3.05) is 0 Å². The molecule has 25 heavy (non-hydrogen) atoms. The SMILES string of the molecule is O=C(O)c1cc2oc(-c3ccc(Cl)cc3)cc2n1Cc1ccccc1. The van der Waals surface area contributed by atoms with Gasteiger partial charge in [-0.3, -0.25) is 0 Å². The van der Waals surface area contributed by atoms with Crippen molar-refractivity contribution < 1.29 is 14.3 Å². The van der Waals surface area contributed by atoms with Gasteiger partial charge < -0.3 is 14.1 Å². The van der Waals surface area contributed by atoms with E-state index >= 15 is 0 Å². The number of hydrogen-bond donors (Lipinski definition) is 1. The van der Waals surface area contributed by atoms with E-state index in [1.54, 1.807) is 22.8 Å². The summed E-state index contributed by atoms with van der Waals surface area (Å²) in [5, 5.41) is 10.2. The Hall–Kier alpha value is -2.98. The van der Waals surface area contributed by atoms with Gasteiger partial charge in [-0.25, -0.2) is 4.79 Å². The number of aromatic nitrogens is 1. The first kappa shape index (κ1) is 15.5. The van der Waals surface area contributed by atoms with Gasteiger partial charge >= 0.3 is 5.97 Å². The van der Waals surface area contributed by atoms with Crippen molar-refractivity contribution in [1.82, 2.24) is 4.57 Å². The molecule has 5 heteroatoms. The lowest BCUT2D eigenvalue weighted by molar-refractivity contribution is 0.0686. The molecule has 1 N–H and O–H groups in total. The van der Waals surface area contributed by atoms with Crippen LogP contribution in [-0.2, 0) is 6.54 Å². The van der Waals surface area contributed by atoms with Crippen molar-refractivity contribution in [1.29, 1.82) is 0 Å². The molecule has 4 nitrogen and oxygen atoms in total. The van der Waals surface area contributed by atoms with Crippen LogP contribution >= 0.6 is 11.6 Å². The van der Waals surface area contributed by atoms with Crippen molar-refractivity contribution >= 4 is 28.7 Å². The Balaban J connectivity index is 1.82. The first-order chi connectivity index (χ1) is 12.1. The topological polar surface area (TPSA) is 55.4 Å². The molecular weight excluding hydrogens is 338 g/mol. The lowest BCUT2D eigenvalue weighted by Gasteiger charge is -2.07. The van der Waals surface area contributed by atoms with Crippen LogP contribution in [0, 0.1) is 0 Å². The van der Waals surface area contributed by atoms with Crippen LogP contribution in [-0.4, -0.2) is 15.6 Å². The molecule has 0 aliphatic rings. The molecule has 0 saturated carbocycles. The highest BCUT2D eigenvalue weighted by atomic mass is 35.5. The van der Waals surface area contributed by atoms with E-state index in [9.17, 15) is 9.90 Å². The van der Waals surface area contributed by atoms with Crippen molar-refractivity contribution in [2.45, 2.75) is 6.54 Å². The molecule has 0 atom stereocenters. The van der Waals surface area contributed by atoms with Crippen LogP contribution in [0.3, 0.4) is 0 Å². The minimum absolute atomic E-state index is 0.209. The number of carbonyl (C=O) groups is 1. The maximum absolute atomic E-state index is 11.6. The zero-order valence-electron chi connectivity index (χ0n) is 13.1. The summed E-state index contributed by atoms with van der Waals surface area (Å²) in [5.41, 5.74) is 3.44. The van der Waals surface area contributed by atoms with Gasteiger partial charge in [0.2, 0.25) is 0 Å². The highest BCUT2D eigenvalue weighted by Gasteiger charge is 2.19. The highest BCUT2D eigenvalue weighted by Crippen LogP contribution is 2.31. The molecule has 124 valence electrons. The Morgan fingerprint density at radius 1 is 1.04 bits per heavy atom. The van der Waals surface area contributed by atoms with Gasteiger partial charge in [-0.05, 0) is 29.8 Å². The Bertz CT molecular complexity index is 1050. The largest absolute Gasteiger partial charge is 0.477 e. The third-order valence-corrected chi connectivity index (χ3v) is 4.37. The lowest BCUT2D eigenvalue weighted by atomic mass is 10.2. The summed E-state index contributed by atoms with van der Waals surface area (Å²) in [6.07, 6.45) is 0. The smallest absolute Gasteiger partial charge is 0.352 e. The van der Waals surface area contributed by atoms with Gasteiger partial charge in [0.25, 0.3) is 0 Å². The number of carboxylic acids is 1. The van der Waals surface area contributed by atoms with Gasteiger partial charge in [0, 0.05) is 29.3 Å². The fourth-order valence-electron chi connectivity index (χ4n) is 2.91. The number of halogens is 1. The molecule has 0 bridgehead atoms. The molecule has 4 rings (SSSR count). The van der Waals surface area contributed by atoms with Crippen molar-refractivity contribution in [2.24, 2.45) is 0 Å². The summed E-state index contributed by atoms with van der Waals surface area (Å²) in [6.45, 7) is 0.464. The molecule has 0 amide bonds. The molecule has 2 aromatic heterocycles. The molecule has 0 fully saturated rings. The predicted molar refractivity (Wildman–Crippen MR) is 97.2 cm³/mol. The van der Waals surface area contributed by atoms with E-state index in [0.29, 0.717) is 22.9 Å². The van der Waals surface area contributed by atoms with E-state index in [0.717, 1.165) is 16.6 Å². The molecular formula is C20H14ClNO3. The molecule has 2 aromatic carbocycles. The second kappa shape index (κ2) is 6.15. The normalized spacial score (nSPS) is 11.1. The van der Waals surface area contributed by atoms with Gasteiger partial charge in [0.15, 0.2) is 5.58 Å². The highest BCUT2D eigenvalue weighted by molar-refractivity contribution is 6.30. The standard InChI is InChI=1S/C20H14ClNO3/c21-15-8-6-14(7-9-15)18-10-16-19(25-18)11-17(20(23)24)22(16)12-13-4-2-1-3-5-13/h1-11H,12H2,(H,23,24). The predicted octanol–water partition coefficient (Wildman–Crippen LogP) is 5.30. The van der Waals surface area contributed by atoms with E-state index in [2.05, 4.69) is 0 Å². The van der Waals surface area contributed by atoms with E-state index in [4.69, 9.17) is 16.0 Å². The summed E-state index contributed by atoms with van der Waals surface area (Å²) in [5.74, 6) is -0.296. The van der Waals surface area contributed by atoms with Crippen LogP contribution in [0.15, 0.2) is 71.1 Å². The van der Waals surface area contributed by atoms with Crippen molar-refractivity contribution in [3.05, 3.63) is 83.0 Å². The van der Waals surface area contributed by atoms with Gasteiger partial charge in [0.05, 0.1) is 5.52 Å². The Morgan fingerprint density at radius 2 is 1.76 bits per heavy atom. The summed E-state index contributed by atoms with van der Waals surface area (Å²) >= 11 is 5.93. The molecule has 0 aliphatic heterocycles. The van der Waals surface area contributed by atoms with Gasteiger partial charge in [-0.15, -0.1) is 0 Å². The fourth-order valence-corrected chi connectivity index (χ4v) is 3.04. The molecule has 0 saturated heterocycles. The van der Waals surface area contributed by atoms with Gasteiger partial charge in [0.1, 0.15) is 11.5 Å². The first-order valence-corrected chi connectivity index (χ1v) is 8.16. The quantitative estimate of drug-likeness (QED) is 0.542. The summed E-state index contributed by atoms with van der Waals surface area (Å²) in [6, 6.07) is 20.5. The lowest BCUT2D eigenvalue weighted by Crippen LogP contribution is -2.09. The molecule has 2 heterocycles. The number of hydrogen-bond acceptors (Lipinski definition) is 2.